The van der Waals surface area contributed by atoms with Crippen molar-refractivity contribution in [2.75, 3.05) is 13.1 Å². The number of hydrogen-bond donors (Lipinski definition) is 1. The number of aromatic nitrogens is 1. The highest BCUT2D eigenvalue weighted by Crippen LogP contribution is 2.19. The summed E-state index contributed by atoms with van der Waals surface area (Å²) in [5.74, 6) is 0. The Morgan fingerprint density at radius 3 is 3.17 bits per heavy atom. The van der Waals surface area contributed by atoms with Gasteiger partial charge in [-0.1, -0.05) is 19.8 Å². The van der Waals surface area contributed by atoms with E-state index in [9.17, 15) is 0 Å². The molecule has 0 aromatic carbocycles. The molecule has 1 fully saturated rings. The van der Waals surface area contributed by atoms with E-state index in [1.54, 1.807) is 11.3 Å². The van der Waals surface area contributed by atoms with Crippen LogP contribution in [0.3, 0.4) is 0 Å². The van der Waals surface area contributed by atoms with Gasteiger partial charge in [0.05, 0.1) is 5.69 Å². The Morgan fingerprint density at radius 2 is 2.33 bits per heavy atom. The van der Waals surface area contributed by atoms with Crippen LogP contribution < -0.4 is 5.32 Å². The molecule has 0 radical (unpaired) electrons. The first kappa shape index (κ1) is 14.0. The molecule has 3 nitrogen and oxygen atoms in total. The summed E-state index contributed by atoms with van der Waals surface area (Å²) in [6.07, 6.45) is 5.47. The number of rotatable bonds is 5. The Kier molecular flexibility index (Phi) is 5.60. The van der Waals surface area contributed by atoms with Gasteiger partial charge in [0.2, 0.25) is 0 Å². The molecule has 2 heterocycles. The molecule has 1 aromatic rings. The average molecular weight is 267 g/mol. The SMILES string of the molecule is CCNCc1nc(CN2CCCCCC2C)cs1. The van der Waals surface area contributed by atoms with E-state index in [1.807, 2.05) is 0 Å². The van der Waals surface area contributed by atoms with E-state index in [0.29, 0.717) is 6.04 Å². The van der Waals surface area contributed by atoms with Crippen molar-refractivity contribution < 1.29 is 0 Å². The summed E-state index contributed by atoms with van der Waals surface area (Å²) in [5, 5.41) is 6.78. The zero-order valence-corrected chi connectivity index (χ0v) is 12.4. The van der Waals surface area contributed by atoms with Crippen molar-refractivity contribution in [2.24, 2.45) is 0 Å². The van der Waals surface area contributed by atoms with Gasteiger partial charge in [-0.25, -0.2) is 4.98 Å². The maximum absolute atomic E-state index is 4.72. The number of nitrogens with zero attached hydrogens (tertiary/aromatic N) is 2. The second-order valence-electron chi connectivity index (χ2n) is 5.18. The normalized spacial score (nSPS) is 22.0. The molecule has 0 spiro atoms. The van der Waals surface area contributed by atoms with E-state index >= 15 is 0 Å². The second-order valence-corrected chi connectivity index (χ2v) is 6.12. The Bertz CT molecular complexity index is 351. The molecule has 1 aliphatic heterocycles. The molecule has 2 rings (SSSR count). The molecular formula is C14H25N3S. The molecule has 1 N–H and O–H groups in total. The largest absolute Gasteiger partial charge is 0.311 e. The summed E-state index contributed by atoms with van der Waals surface area (Å²) in [7, 11) is 0. The molecule has 18 heavy (non-hydrogen) atoms. The van der Waals surface area contributed by atoms with Crippen LogP contribution in [0, 0.1) is 0 Å². The molecular weight excluding hydrogens is 242 g/mol. The topological polar surface area (TPSA) is 28.2 Å². The molecule has 1 aromatic heterocycles. The first-order valence-corrected chi connectivity index (χ1v) is 8.05. The average Bonchev–Trinajstić information content (AvgIpc) is 2.72. The van der Waals surface area contributed by atoms with Crippen molar-refractivity contribution in [3.63, 3.8) is 0 Å². The minimum Gasteiger partial charge on any atom is -0.311 e. The van der Waals surface area contributed by atoms with E-state index in [4.69, 9.17) is 4.98 Å². The van der Waals surface area contributed by atoms with Crippen LogP contribution >= 0.6 is 11.3 Å². The Hall–Kier alpha value is -0.450. The van der Waals surface area contributed by atoms with E-state index < -0.39 is 0 Å². The molecule has 0 aliphatic carbocycles. The van der Waals surface area contributed by atoms with Crippen LogP contribution in [0.4, 0.5) is 0 Å². The van der Waals surface area contributed by atoms with Crippen molar-refractivity contribution in [1.29, 1.82) is 0 Å². The lowest BCUT2D eigenvalue weighted by Gasteiger charge is -2.25. The van der Waals surface area contributed by atoms with Crippen molar-refractivity contribution in [2.45, 2.75) is 58.7 Å². The standard InChI is InChI=1S/C14H25N3S/c1-3-15-9-14-16-13(11-18-14)10-17-8-6-4-5-7-12(17)2/h11-12,15H,3-10H2,1-2H3. The van der Waals surface area contributed by atoms with Crippen LogP contribution in [0.2, 0.25) is 0 Å². The van der Waals surface area contributed by atoms with E-state index in [-0.39, 0.29) is 0 Å². The molecule has 0 bridgehead atoms. The first-order chi connectivity index (χ1) is 8.79. The van der Waals surface area contributed by atoms with E-state index in [0.717, 1.165) is 19.6 Å². The quantitative estimate of drug-likeness (QED) is 0.889. The molecule has 1 atom stereocenters. The third-order valence-electron chi connectivity index (χ3n) is 3.68. The monoisotopic (exact) mass is 267 g/mol. The number of likely N-dealkylation sites (tertiary alicyclic amines) is 1. The molecule has 4 heteroatoms. The van der Waals surface area contributed by atoms with Crippen LogP contribution in [0.5, 0.6) is 0 Å². The maximum Gasteiger partial charge on any atom is 0.107 e. The smallest absolute Gasteiger partial charge is 0.107 e. The van der Waals surface area contributed by atoms with Gasteiger partial charge in [0.15, 0.2) is 0 Å². The van der Waals surface area contributed by atoms with Gasteiger partial charge in [-0.3, -0.25) is 4.90 Å². The Morgan fingerprint density at radius 1 is 1.44 bits per heavy atom. The van der Waals surface area contributed by atoms with Gasteiger partial charge < -0.3 is 5.32 Å². The van der Waals surface area contributed by atoms with Crippen molar-refractivity contribution in [3.8, 4) is 0 Å². The third kappa shape index (κ3) is 4.04. The zero-order chi connectivity index (χ0) is 12.8. The van der Waals surface area contributed by atoms with Crippen molar-refractivity contribution in [1.82, 2.24) is 15.2 Å². The van der Waals surface area contributed by atoms with Crippen LogP contribution in [-0.4, -0.2) is 29.0 Å². The van der Waals surface area contributed by atoms with Gasteiger partial charge in [-0.2, -0.15) is 0 Å². The fourth-order valence-corrected chi connectivity index (χ4v) is 3.27. The molecule has 0 saturated carbocycles. The predicted molar refractivity (Wildman–Crippen MR) is 77.8 cm³/mol. The summed E-state index contributed by atoms with van der Waals surface area (Å²) in [6, 6.07) is 0.714. The highest BCUT2D eigenvalue weighted by Gasteiger charge is 2.17. The van der Waals surface area contributed by atoms with Crippen molar-refractivity contribution >= 4 is 11.3 Å². The molecule has 102 valence electrons. The van der Waals surface area contributed by atoms with Crippen LogP contribution in [0.1, 0.15) is 50.2 Å². The van der Waals surface area contributed by atoms with Crippen LogP contribution in [0.15, 0.2) is 5.38 Å². The summed E-state index contributed by atoms with van der Waals surface area (Å²) < 4.78 is 0. The summed E-state index contributed by atoms with van der Waals surface area (Å²) >= 11 is 1.78. The van der Waals surface area contributed by atoms with Gasteiger partial charge in [0.25, 0.3) is 0 Å². The third-order valence-corrected chi connectivity index (χ3v) is 4.58. The van der Waals surface area contributed by atoms with Crippen molar-refractivity contribution in [3.05, 3.63) is 16.1 Å². The van der Waals surface area contributed by atoms with Gasteiger partial charge in [-0.15, -0.1) is 11.3 Å². The maximum atomic E-state index is 4.72. The predicted octanol–water partition coefficient (Wildman–Crippen LogP) is 3.02. The van der Waals surface area contributed by atoms with Crippen LogP contribution in [-0.2, 0) is 13.1 Å². The zero-order valence-electron chi connectivity index (χ0n) is 11.6. The lowest BCUT2D eigenvalue weighted by Crippen LogP contribution is -2.32. The Balaban J connectivity index is 1.89. The summed E-state index contributed by atoms with van der Waals surface area (Å²) in [4.78, 5) is 7.32. The molecule has 0 amide bonds. The minimum absolute atomic E-state index is 0.714. The lowest BCUT2D eigenvalue weighted by atomic mass is 10.1. The number of nitrogens with one attached hydrogen (secondary N) is 1. The highest BCUT2D eigenvalue weighted by atomic mass is 32.1. The number of hydrogen-bond acceptors (Lipinski definition) is 4. The van der Waals surface area contributed by atoms with Gasteiger partial charge in [-0.05, 0) is 32.9 Å². The molecule has 1 aliphatic rings. The van der Waals surface area contributed by atoms with E-state index in [1.165, 1.54) is 42.9 Å². The van der Waals surface area contributed by atoms with E-state index in [2.05, 4.69) is 29.4 Å². The fourth-order valence-electron chi connectivity index (χ4n) is 2.51. The fraction of sp³-hybridized carbons (Fsp3) is 0.786. The van der Waals surface area contributed by atoms with Gasteiger partial charge >= 0.3 is 0 Å². The summed E-state index contributed by atoms with van der Waals surface area (Å²) in [5.41, 5.74) is 1.25. The molecule has 1 unspecified atom stereocenters. The minimum atomic E-state index is 0.714. The van der Waals surface area contributed by atoms with Crippen LogP contribution in [0.25, 0.3) is 0 Å². The molecule has 1 saturated heterocycles. The Labute approximate surface area is 115 Å². The lowest BCUT2D eigenvalue weighted by molar-refractivity contribution is 0.203. The number of thiazole rings is 1. The second kappa shape index (κ2) is 7.22. The van der Waals surface area contributed by atoms with Gasteiger partial charge in [0.1, 0.15) is 5.01 Å². The summed E-state index contributed by atoms with van der Waals surface area (Å²) in [6.45, 7) is 8.69. The first-order valence-electron chi connectivity index (χ1n) is 7.17. The highest BCUT2D eigenvalue weighted by molar-refractivity contribution is 7.09. The van der Waals surface area contributed by atoms with Gasteiger partial charge in [0, 0.05) is 24.5 Å².